The van der Waals surface area contributed by atoms with Crippen molar-refractivity contribution in [2.75, 3.05) is 0 Å². The van der Waals surface area contributed by atoms with E-state index in [1.807, 2.05) is 6.07 Å². The zero-order chi connectivity index (χ0) is 19.3. The Labute approximate surface area is 154 Å². The summed E-state index contributed by atoms with van der Waals surface area (Å²) in [4.78, 5) is 22.7. The lowest BCUT2D eigenvalue weighted by Crippen LogP contribution is -2.31. The predicted octanol–water partition coefficient (Wildman–Crippen LogP) is 2.14. The highest BCUT2D eigenvalue weighted by molar-refractivity contribution is 5.73. The van der Waals surface area contributed by atoms with Gasteiger partial charge in [0.25, 0.3) is 11.3 Å². The van der Waals surface area contributed by atoms with Gasteiger partial charge in [-0.1, -0.05) is 30.3 Å². The summed E-state index contributed by atoms with van der Waals surface area (Å²) in [6.45, 7) is 0.164. The number of carboxylic acids is 1. The third-order valence-electron chi connectivity index (χ3n) is 4.15. The molecule has 0 fully saturated rings. The Hall–Kier alpha value is -3.55. The van der Waals surface area contributed by atoms with Gasteiger partial charge < -0.3 is 9.84 Å². The molecule has 0 saturated carbocycles. The first-order valence-electron chi connectivity index (χ1n) is 8.34. The molecule has 27 heavy (non-hydrogen) atoms. The van der Waals surface area contributed by atoms with E-state index in [0.29, 0.717) is 16.8 Å². The molecule has 1 aliphatic heterocycles. The van der Waals surface area contributed by atoms with Crippen molar-refractivity contribution in [2.45, 2.75) is 25.1 Å². The van der Waals surface area contributed by atoms with Crippen LogP contribution in [0.25, 0.3) is 5.57 Å². The third kappa shape index (κ3) is 3.69. The molecule has 0 saturated heterocycles. The maximum Gasteiger partial charge on any atom is 0.303 e. The Bertz CT molecular complexity index is 965. The number of aryl methyl sites for hydroxylation is 1. The molecule has 137 valence electrons. The highest BCUT2D eigenvalue weighted by Crippen LogP contribution is 2.41. The first kappa shape index (κ1) is 18.2. The molecule has 0 spiro atoms. The minimum Gasteiger partial charge on any atom is -0.481 e. The molecule has 3 rings (SSSR count). The summed E-state index contributed by atoms with van der Waals surface area (Å²) in [7, 11) is 0. The maximum absolute atomic E-state index is 12.0. The first-order chi connectivity index (χ1) is 13.1. The average Bonchev–Trinajstić information content (AvgIpc) is 2.70. The molecular formula is C19H17N4O4. The summed E-state index contributed by atoms with van der Waals surface area (Å²) in [6, 6.07) is 11.8. The monoisotopic (exact) mass is 365 g/mol. The normalized spacial score (nSPS) is 18.4. The number of carbonyl (C=O) groups is 1. The van der Waals surface area contributed by atoms with Gasteiger partial charge in [0.2, 0.25) is 0 Å². The molecule has 1 aromatic carbocycles. The number of allylic oxidation sites excluding steroid dienone is 2. The van der Waals surface area contributed by atoms with Crippen molar-refractivity contribution in [3.8, 4) is 0 Å². The minimum absolute atomic E-state index is 0.0627. The predicted molar refractivity (Wildman–Crippen MR) is 96.3 cm³/mol. The van der Waals surface area contributed by atoms with E-state index < -0.39 is 11.7 Å². The molecule has 8 nitrogen and oxygen atoms in total. The first-order valence-corrected chi connectivity index (χ1v) is 8.34. The molecule has 1 atom stereocenters. The molecule has 8 heteroatoms. The van der Waals surface area contributed by atoms with Crippen molar-refractivity contribution in [3.05, 3.63) is 82.5 Å². The Morgan fingerprint density at radius 1 is 1.26 bits per heavy atom. The largest absolute Gasteiger partial charge is 0.481 e. The van der Waals surface area contributed by atoms with Crippen LogP contribution in [-0.4, -0.2) is 20.9 Å². The van der Waals surface area contributed by atoms with Gasteiger partial charge in [0, 0.05) is 24.6 Å². The van der Waals surface area contributed by atoms with Gasteiger partial charge in [-0.15, -0.1) is 5.11 Å². The molecule has 1 radical (unpaired) electrons. The zero-order valence-corrected chi connectivity index (χ0v) is 14.4. The van der Waals surface area contributed by atoms with Gasteiger partial charge in [-0.3, -0.25) is 9.59 Å². The van der Waals surface area contributed by atoms with E-state index in [2.05, 4.69) is 10.2 Å². The van der Waals surface area contributed by atoms with Gasteiger partial charge in [-0.2, -0.15) is 5.10 Å². The lowest BCUT2D eigenvalue weighted by atomic mass is 9.91. The summed E-state index contributed by atoms with van der Waals surface area (Å²) < 4.78 is 6.88. The van der Waals surface area contributed by atoms with E-state index in [9.17, 15) is 15.1 Å². The van der Waals surface area contributed by atoms with E-state index in [1.54, 1.807) is 36.4 Å². The number of aromatic nitrogens is 2. The Morgan fingerprint density at radius 3 is 2.74 bits per heavy atom. The topological polar surface area (TPSA) is 116 Å². The van der Waals surface area contributed by atoms with Crippen molar-refractivity contribution in [3.63, 3.8) is 0 Å². The quantitative estimate of drug-likeness (QED) is 0.755. The van der Waals surface area contributed by atoms with Crippen molar-refractivity contribution in [1.82, 2.24) is 15.3 Å². The van der Waals surface area contributed by atoms with Gasteiger partial charge in [0.1, 0.15) is 0 Å². The number of rotatable bonds is 7. The second-order valence-corrected chi connectivity index (χ2v) is 5.91. The van der Waals surface area contributed by atoms with Crippen LogP contribution in [0.2, 0.25) is 0 Å². The molecule has 2 heterocycles. The van der Waals surface area contributed by atoms with E-state index in [4.69, 9.17) is 9.84 Å². The summed E-state index contributed by atoms with van der Waals surface area (Å²) in [6.07, 6.45) is 4.97. The smallest absolute Gasteiger partial charge is 0.303 e. The number of hydrogen-bond acceptors (Lipinski definition) is 5. The fourth-order valence-electron chi connectivity index (χ4n) is 2.86. The third-order valence-corrected chi connectivity index (χ3v) is 4.15. The van der Waals surface area contributed by atoms with E-state index >= 15 is 0 Å². The molecule has 0 amide bonds. The summed E-state index contributed by atoms with van der Waals surface area (Å²) in [5, 5.41) is 16.6. The number of aliphatic carboxylic acids is 1. The number of nitrogens with zero attached hydrogens (tertiary/aromatic N) is 4. The molecule has 1 aliphatic rings. The number of ether oxygens (including phenoxy) is 1. The van der Waals surface area contributed by atoms with Crippen LogP contribution in [0.1, 0.15) is 24.1 Å². The standard InChI is InChI=1S/C19H17N4O4/c20-22-19(14-6-2-1-3-7-14)15(8-5-13-27-19)16-10-11-17(24)23(21-16)12-4-9-18(25)26/h1-3,5-8,10-11,13H,4,9,12H2,(H,25,26). The maximum atomic E-state index is 12.0. The Morgan fingerprint density at radius 2 is 2.04 bits per heavy atom. The molecule has 2 aromatic rings. The van der Waals surface area contributed by atoms with Gasteiger partial charge in [-0.05, 0) is 30.2 Å². The number of hydrogen-bond donors (Lipinski definition) is 1. The van der Waals surface area contributed by atoms with Crippen LogP contribution in [-0.2, 0) is 21.8 Å². The van der Waals surface area contributed by atoms with Crippen molar-refractivity contribution < 1.29 is 14.6 Å². The highest BCUT2D eigenvalue weighted by atomic mass is 16.5. The van der Waals surface area contributed by atoms with Crippen molar-refractivity contribution in [2.24, 2.45) is 5.11 Å². The van der Waals surface area contributed by atoms with Crippen LogP contribution >= 0.6 is 0 Å². The van der Waals surface area contributed by atoms with Crippen LogP contribution in [0.4, 0.5) is 0 Å². The molecule has 0 bridgehead atoms. The van der Waals surface area contributed by atoms with E-state index in [1.165, 1.54) is 23.1 Å². The van der Waals surface area contributed by atoms with Crippen molar-refractivity contribution >= 4 is 11.5 Å². The minimum atomic E-state index is -1.51. The lowest BCUT2D eigenvalue weighted by molar-refractivity contribution is -0.137. The molecule has 0 aliphatic carbocycles. The molecule has 1 unspecified atom stereocenters. The fraction of sp³-hybridized carbons (Fsp3) is 0.211. The van der Waals surface area contributed by atoms with Gasteiger partial charge >= 0.3 is 5.97 Å². The molecular weight excluding hydrogens is 348 g/mol. The second-order valence-electron chi connectivity index (χ2n) is 5.91. The average molecular weight is 365 g/mol. The van der Waals surface area contributed by atoms with E-state index in [0.717, 1.165) is 0 Å². The number of benzene rings is 1. The summed E-state index contributed by atoms with van der Waals surface area (Å²) >= 11 is 0. The number of carboxylic acid groups (broad SMARTS) is 1. The Balaban J connectivity index is 2.01. The van der Waals surface area contributed by atoms with Gasteiger partial charge in [0.15, 0.2) is 0 Å². The second kappa shape index (κ2) is 7.77. The van der Waals surface area contributed by atoms with E-state index in [-0.39, 0.29) is 24.9 Å². The lowest BCUT2D eigenvalue weighted by Gasteiger charge is -2.31. The van der Waals surface area contributed by atoms with Crippen LogP contribution in [0.3, 0.4) is 0 Å². The van der Waals surface area contributed by atoms with Crippen LogP contribution < -0.4 is 11.1 Å². The highest BCUT2D eigenvalue weighted by Gasteiger charge is 2.41. The van der Waals surface area contributed by atoms with Gasteiger partial charge in [-0.25, -0.2) is 4.68 Å². The fourth-order valence-corrected chi connectivity index (χ4v) is 2.86. The van der Waals surface area contributed by atoms with Crippen LogP contribution in [0, 0.1) is 0 Å². The van der Waals surface area contributed by atoms with Crippen molar-refractivity contribution in [1.29, 1.82) is 0 Å². The molecule has 1 N–H and O–H groups in total. The zero-order valence-electron chi connectivity index (χ0n) is 14.4. The van der Waals surface area contributed by atoms with Crippen LogP contribution in [0.15, 0.2) is 70.8 Å². The SMILES string of the molecule is [N]=NC1(c2ccccc2)OC=CC=C1c1ccc(=O)n(CCCC(=O)O)n1. The molecule has 1 aromatic heterocycles. The summed E-state index contributed by atoms with van der Waals surface area (Å²) in [5.74, 6) is -0.935. The van der Waals surface area contributed by atoms with Crippen LogP contribution in [0.5, 0.6) is 0 Å². The van der Waals surface area contributed by atoms with Gasteiger partial charge in [0.05, 0.1) is 17.5 Å². The Kier molecular flexibility index (Phi) is 5.25. The summed E-state index contributed by atoms with van der Waals surface area (Å²) in [5.41, 5.74) is 9.39.